The van der Waals surface area contributed by atoms with Gasteiger partial charge in [-0.05, 0) is 12.5 Å². The van der Waals surface area contributed by atoms with E-state index in [1.54, 1.807) is 16.9 Å². The Kier molecular flexibility index (Phi) is 4.71. The zero-order valence-electron chi connectivity index (χ0n) is 13.7. The standard InChI is InChI=1S/C17H21N3O4/c1-23-11-13-12-5-2-3-6-14(12)24-15(13)16(21)19-7-4-8-20(10-9-19)17(18)22/h2-3,5-6H,4,7-11H2,1H3,(H2,18,22). The van der Waals surface area contributed by atoms with Crippen molar-refractivity contribution < 1.29 is 18.7 Å². The maximum absolute atomic E-state index is 12.9. The minimum Gasteiger partial charge on any atom is -0.451 e. The molecule has 2 aromatic rings. The minimum absolute atomic E-state index is 0.176. The predicted molar refractivity (Wildman–Crippen MR) is 88.6 cm³/mol. The number of primary amides is 1. The summed E-state index contributed by atoms with van der Waals surface area (Å²) in [6, 6.07) is 7.08. The monoisotopic (exact) mass is 331 g/mol. The lowest BCUT2D eigenvalue weighted by atomic mass is 10.1. The van der Waals surface area contributed by atoms with Crippen molar-refractivity contribution >= 4 is 22.9 Å². The Labute approximate surface area is 139 Å². The number of fused-ring (bicyclic) bond motifs is 1. The highest BCUT2D eigenvalue weighted by Gasteiger charge is 2.27. The molecule has 1 fully saturated rings. The third kappa shape index (κ3) is 3.07. The van der Waals surface area contributed by atoms with Gasteiger partial charge in [0, 0.05) is 44.2 Å². The molecule has 3 amide bonds. The Balaban J connectivity index is 1.88. The van der Waals surface area contributed by atoms with Crippen molar-refractivity contribution in [3.8, 4) is 0 Å². The Hall–Kier alpha value is -2.54. The van der Waals surface area contributed by atoms with Gasteiger partial charge >= 0.3 is 6.03 Å². The summed E-state index contributed by atoms with van der Waals surface area (Å²) in [6.45, 7) is 2.29. The van der Waals surface area contributed by atoms with Crippen LogP contribution in [0, 0.1) is 0 Å². The number of rotatable bonds is 3. The van der Waals surface area contributed by atoms with E-state index in [4.69, 9.17) is 14.9 Å². The molecule has 128 valence electrons. The zero-order valence-corrected chi connectivity index (χ0v) is 13.7. The Bertz CT molecular complexity index is 755. The summed E-state index contributed by atoms with van der Waals surface area (Å²) in [4.78, 5) is 27.5. The molecule has 2 heterocycles. The smallest absolute Gasteiger partial charge is 0.314 e. The molecule has 24 heavy (non-hydrogen) atoms. The van der Waals surface area contributed by atoms with Crippen LogP contribution < -0.4 is 5.73 Å². The van der Waals surface area contributed by atoms with E-state index >= 15 is 0 Å². The Morgan fingerprint density at radius 3 is 2.62 bits per heavy atom. The molecule has 7 heteroatoms. The third-order valence-electron chi connectivity index (χ3n) is 4.28. The largest absolute Gasteiger partial charge is 0.451 e. The molecule has 1 aliphatic rings. The van der Waals surface area contributed by atoms with Crippen LogP contribution in [0.15, 0.2) is 28.7 Å². The van der Waals surface area contributed by atoms with Crippen molar-refractivity contribution in [3.05, 3.63) is 35.6 Å². The number of methoxy groups -OCH3 is 1. The number of hydrogen-bond donors (Lipinski definition) is 1. The number of nitrogens with zero attached hydrogens (tertiary/aromatic N) is 2. The van der Waals surface area contributed by atoms with E-state index in [0.29, 0.717) is 50.5 Å². The van der Waals surface area contributed by atoms with E-state index in [-0.39, 0.29) is 5.91 Å². The molecule has 0 aliphatic carbocycles. The third-order valence-corrected chi connectivity index (χ3v) is 4.28. The molecule has 0 bridgehead atoms. The molecule has 1 aromatic carbocycles. The van der Waals surface area contributed by atoms with Crippen molar-refractivity contribution in [2.24, 2.45) is 5.73 Å². The molecule has 1 aromatic heterocycles. The number of urea groups is 1. The first-order valence-corrected chi connectivity index (χ1v) is 7.95. The average molecular weight is 331 g/mol. The maximum Gasteiger partial charge on any atom is 0.314 e. The summed E-state index contributed by atoms with van der Waals surface area (Å²) in [5.41, 5.74) is 6.76. The first kappa shape index (κ1) is 16.3. The molecular weight excluding hydrogens is 310 g/mol. The van der Waals surface area contributed by atoms with Gasteiger partial charge in [0.1, 0.15) is 5.58 Å². The van der Waals surface area contributed by atoms with Gasteiger partial charge < -0.3 is 24.7 Å². The highest BCUT2D eigenvalue weighted by molar-refractivity contribution is 5.99. The molecule has 0 spiro atoms. The van der Waals surface area contributed by atoms with Crippen LogP contribution in [0.2, 0.25) is 0 Å². The maximum atomic E-state index is 12.9. The lowest BCUT2D eigenvalue weighted by molar-refractivity contribution is 0.0726. The van der Waals surface area contributed by atoms with Crippen molar-refractivity contribution in [2.75, 3.05) is 33.3 Å². The van der Waals surface area contributed by atoms with Crippen molar-refractivity contribution in [1.29, 1.82) is 0 Å². The highest BCUT2D eigenvalue weighted by atomic mass is 16.5. The van der Waals surface area contributed by atoms with Crippen LogP contribution in [-0.4, -0.2) is 55.0 Å². The first-order chi connectivity index (χ1) is 11.6. The molecule has 0 unspecified atom stereocenters. The van der Waals surface area contributed by atoms with Gasteiger partial charge in [0.2, 0.25) is 0 Å². The summed E-state index contributed by atoms with van der Waals surface area (Å²) >= 11 is 0. The highest BCUT2D eigenvalue weighted by Crippen LogP contribution is 2.27. The van der Waals surface area contributed by atoms with Gasteiger partial charge in [-0.15, -0.1) is 0 Å². The number of hydrogen-bond acceptors (Lipinski definition) is 4. The first-order valence-electron chi connectivity index (χ1n) is 7.95. The second kappa shape index (κ2) is 6.92. The van der Waals surface area contributed by atoms with E-state index in [1.807, 2.05) is 24.3 Å². The molecule has 1 saturated heterocycles. The summed E-state index contributed by atoms with van der Waals surface area (Å²) in [5.74, 6) is 0.134. The number of furan rings is 1. The van der Waals surface area contributed by atoms with Crippen LogP contribution in [0.3, 0.4) is 0 Å². The molecule has 0 saturated carbocycles. The quantitative estimate of drug-likeness (QED) is 0.929. The fraction of sp³-hybridized carbons (Fsp3) is 0.412. The minimum atomic E-state index is -0.451. The van der Waals surface area contributed by atoms with Gasteiger partial charge in [0.15, 0.2) is 5.76 Å². The normalized spacial score (nSPS) is 15.5. The van der Waals surface area contributed by atoms with E-state index < -0.39 is 6.03 Å². The number of ether oxygens (including phenoxy) is 1. The SMILES string of the molecule is COCc1c(C(=O)N2CCCN(C(N)=O)CC2)oc2ccccc12. The summed E-state index contributed by atoms with van der Waals surface area (Å²) in [5, 5.41) is 0.885. The van der Waals surface area contributed by atoms with Gasteiger partial charge in [-0.1, -0.05) is 18.2 Å². The van der Waals surface area contributed by atoms with Crippen molar-refractivity contribution in [3.63, 3.8) is 0 Å². The van der Waals surface area contributed by atoms with Gasteiger partial charge in [-0.3, -0.25) is 4.79 Å². The van der Waals surface area contributed by atoms with E-state index in [9.17, 15) is 9.59 Å². The number of benzene rings is 1. The number of carbonyl (C=O) groups excluding carboxylic acids is 2. The Morgan fingerprint density at radius 2 is 1.88 bits per heavy atom. The van der Waals surface area contributed by atoms with E-state index in [2.05, 4.69) is 0 Å². The molecular formula is C17H21N3O4. The van der Waals surface area contributed by atoms with Crippen LogP contribution in [0.5, 0.6) is 0 Å². The second-order valence-corrected chi connectivity index (χ2v) is 5.81. The van der Waals surface area contributed by atoms with E-state index in [0.717, 1.165) is 10.9 Å². The van der Waals surface area contributed by atoms with Crippen molar-refractivity contribution in [1.82, 2.24) is 9.80 Å². The fourth-order valence-electron chi connectivity index (χ4n) is 3.04. The topological polar surface area (TPSA) is 89.0 Å². The fourth-order valence-corrected chi connectivity index (χ4v) is 3.04. The number of amides is 3. The molecule has 0 radical (unpaired) electrons. The number of carbonyl (C=O) groups is 2. The van der Waals surface area contributed by atoms with Crippen LogP contribution in [0.1, 0.15) is 22.5 Å². The molecule has 2 N–H and O–H groups in total. The van der Waals surface area contributed by atoms with Gasteiger partial charge in [-0.25, -0.2) is 4.79 Å². The summed E-state index contributed by atoms with van der Waals surface area (Å²) in [7, 11) is 1.59. The summed E-state index contributed by atoms with van der Waals surface area (Å²) < 4.78 is 11.1. The lowest BCUT2D eigenvalue weighted by Crippen LogP contribution is -2.39. The summed E-state index contributed by atoms with van der Waals surface area (Å²) in [6.07, 6.45) is 0.689. The molecule has 7 nitrogen and oxygen atoms in total. The van der Waals surface area contributed by atoms with Crippen LogP contribution in [0.4, 0.5) is 4.79 Å². The van der Waals surface area contributed by atoms with Gasteiger partial charge in [-0.2, -0.15) is 0 Å². The molecule has 0 atom stereocenters. The average Bonchev–Trinajstić information content (AvgIpc) is 2.77. The van der Waals surface area contributed by atoms with Crippen LogP contribution in [-0.2, 0) is 11.3 Å². The lowest BCUT2D eigenvalue weighted by Gasteiger charge is -2.20. The predicted octanol–water partition coefficient (Wildman–Crippen LogP) is 1.81. The zero-order chi connectivity index (χ0) is 17.1. The Morgan fingerprint density at radius 1 is 1.17 bits per heavy atom. The molecule has 1 aliphatic heterocycles. The molecule has 3 rings (SSSR count). The van der Waals surface area contributed by atoms with Gasteiger partial charge in [0.05, 0.1) is 6.61 Å². The number of nitrogens with two attached hydrogens (primary N) is 1. The van der Waals surface area contributed by atoms with Crippen molar-refractivity contribution in [2.45, 2.75) is 13.0 Å². The van der Waals surface area contributed by atoms with Crippen LogP contribution in [0.25, 0.3) is 11.0 Å². The second-order valence-electron chi connectivity index (χ2n) is 5.81. The van der Waals surface area contributed by atoms with Crippen LogP contribution >= 0.6 is 0 Å². The van der Waals surface area contributed by atoms with Gasteiger partial charge in [0.25, 0.3) is 5.91 Å². The number of para-hydroxylation sites is 1. The van der Waals surface area contributed by atoms with E-state index in [1.165, 1.54) is 0 Å².